The van der Waals surface area contributed by atoms with E-state index in [1.54, 1.807) is 0 Å². The van der Waals surface area contributed by atoms with E-state index in [9.17, 15) is 14.4 Å². The second kappa shape index (κ2) is 7.12. The number of rotatable bonds is 6. The quantitative estimate of drug-likeness (QED) is 0.737. The van der Waals surface area contributed by atoms with Gasteiger partial charge < -0.3 is 16.2 Å². The van der Waals surface area contributed by atoms with Crippen molar-refractivity contribution in [2.75, 3.05) is 0 Å². The zero-order valence-corrected chi connectivity index (χ0v) is 11.7. The van der Waals surface area contributed by atoms with Gasteiger partial charge in [0.15, 0.2) is 0 Å². The maximum absolute atomic E-state index is 11.9. The Hall–Kier alpha value is -1.79. The van der Waals surface area contributed by atoms with Crippen LogP contribution in [0.4, 0.5) is 0 Å². The van der Waals surface area contributed by atoms with Crippen molar-refractivity contribution in [3.05, 3.63) is 33.8 Å². The molecule has 1 aromatic rings. The van der Waals surface area contributed by atoms with Crippen molar-refractivity contribution in [3.63, 3.8) is 0 Å². The van der Waals surface area contributed by atoms with E-state index in [2.05, 4.69) is 5.32 Å². The van der Waals surface area contributed by atoms with E-state index in [0.717, 1.165) is 0 Å². The lowest BCUT2D eigenvalue weighted by molar-refractivity contribution is -0.139. The van der Waals surface area contributed by atoms with Crippen molar-refractivity contribution in [3.8, 4) is 0 Å². The van der Waals surface area contributed by atoms with Crippen LogP contribution < -0.4 is 11.1 Å². The van der Waals surface area contributed by atoms with E-state index in [0.29, 0.717) is 5.02 Å². The molecule has 0 saturated heterocycles. The predicted octanol–water partition coefficient (Wildman–Crippen LogP) is 1.44. The Kier molecular flexibility index (Phi) is 5.79. The van der Waals surface area contributed by atoms with Crippen LogP contribution >= 0.6 is 23.2 Å². The molecule has 0 aliphatic carbocycles. The molecule has 0 fully saturated rings. The summed E-state index contributed by atoms with van der Waals surface area (Å²) in [4.78, 5) is 33.6. The van der Waals surface area contributed by atoms with E-state index < -0.39 is 23.8 Å². The number of nitrogens with two attached hydrogens (primary N) is 1. The summed E-state index contributed by atoms with van der Waals surface area (Å²) < 4.78 is 0. The number of carboxylic acid groups (broad SMARTS) is 1. The summed E-state index contributed by atoms with van der Waals surface area (Å²) in [6.07, 6.45) is -0.243. The Morgan fingerprint density at radius 1 is 1.30 bits per heavy atom. The number of hydrogen-bond acceptors (Lipinski definition) is 3. The van der Waals surface area contributed by atoms with Gasteiger partial charge in [-0.2, -0.15) is 0 Å². The van der Waals surface area contributed by atoms with Gasteiger partial charge in [0.25, 0.3) is 5.91 Å². The van der Waals surface area contributed by atoms with Crippen LogP contribution in [0.5, 0.6) is 0 Å². The van der Waals surface area contributed by atoms with Gasteiger partial charge in [-0.25, -0.2) is 4.79 Å². The minimum atomic E-state index is -1.26. The zero-order valence-electron chi connectivity index (χ0n) is 10.2. The number of hydrogen-bond donors (Lipinski definition) is 3. The first-order valence-corrected chi connectivity index (χ1v) is 6.34. The van der Waals surface area contributed by atoms with Crippen LogP contribution in [-0.2, 0) is 9.59 Å². The number of primary amides is 1. The number of benzene rings is 1. The van der Waals surface area contributed by atoms with Crippen molar-refractivity contribution >= 4 is 41.0 Å². The molecule has 8 heteroatoms. The molecule has 1 aromatic carbocycles. The maximum atomic E-state index is 11.9. The van der Waals surface area contributed by atoms with Crippen molar-refractivity contribution in [1.29, 1.82) is 0 Å². The third-order valence-electron chi connectivity index (χ3n) is 2.46. The van der Waals surface area contributed by atoms with E-state index in [1.807, 2.05) is 0 Å². The molecule has 0 saturated carbocycles. The van der Waals surface area contributed by atoms with Crippen molar-refractivity contribution in [2.45, 2.75) is 18.9 Å². The highest BCUT2D eigenvalue weighted by molar-refractivity contribution is 6.36. The average molecular weight is 319 g/mol. The molecule has 2 amide bonds. The molecule has 20 heavy (non-hydrogen) atoms. The number of aliphatic carboxylic acids is 1. The van der Waals surface area contributed by atoms with Crippen LogP contribution in [0.3, 0.4) is 0 Å². The number of carboxylic acids is 1. The molecule has 6 nitrogen and oxygen atoms in total. The van der Waals surface area contributed by atoms with Gasteiger partial charge in [0.2, 0.25) is 5.91 Å². The summed E-state index contributed by atoms with van der Waals surface area (Å²) in [7, 11) is 0. The summed E-state index contributed by atoms with van der Waals surface area (Å²) in [6.45, 7) is 0. The predicted molar refractivity (Wildman–Crippen MR) is 73.8 cm³/mol. The summed E-state index contributed by atoms with van der Waals surface area (Å²) >= 11 is 11.5. The largest absolute Gasteiger partial charge is 0.480 e. The summed E-state index contributed by atoms with van der Waals surface area (Å²) in [5.41, 5.74) is 5.04. The van der Waals surface area contributed by atoms with Crippen molar-refractivity contribution in [2.24, 2.45) is 5.73 Å². The minimum absolute atomic E-state index is 0.0956. The van der Waals surface area contributed by atoms with Gasteiger partial charge in [-0.3, -0.25) is 9.59 Å². The Balaban J connectivity index is 2.80. The summed E-state index contributed by atoms with van der Waals surface area (Å²) in [5, 5.41) is 11.7. The third-order valence-corrected chi connectivity index (χ3v) is 3.01. The Bertz CT molecular complexity index is 548. The third kappa shape index (κ3) is 4.71. The van der Waals surface area contributed by atoms with Gasteiger partial charge in [0.05, 0.1) is 10.6 Å². The first kappa shape index (κ1) is 16.3. The van der Waals surface area contributed by atoms with Gasteiger partial charge in [-0.15, -0.1) is 0 Å². The molecule has 1 unspecified atom stereocenters. The smallest absolute Gasteiger partial charge is 0.326 e. The van der Waals surface area contributed by atoms with Gasteiger partial charge in [-0.05, 0) is 24.6 Å². The highest BCUT2D eigenvalue weighted by Gasteiger charge is 2.22. The highest BCUT2D eigenvalue weighted by atomic mass is 35.5. The number of halogens is 2. The number of nitrogens with one attached hydrogen (secondary N) is 1. The van der Waals surface area contributed by atoms with Crippen molar-refractivity contribution < 1.29 is 19.5 Å². The second-order valence-corrected chi connectivity index (χ2v) is 4.84. The molecule has 4 N–H and O–H groups in total. The number of carbonyl (C=O) groups is 3. The molecule has 1 atom stereocenters. The lowest BCUT2D eigenvalue weighted by Gasteiger charge is -2.14. The fourth-order valence-electron chi connectivity index (χ4n) is 1.45. The van der Waals surface area contributed by atoms with Gasteiger partial charge in [0.1, 0.15) is 6.04 Å². The van der Waals surface area contributed by atoms with E-state index >= 15 is 0 Å². The maximum Gasteiger partial charge on any atom is 0.326 e. The molecule has 0 spiro atoms. The van der Waals surface area contributed by atoms with Gasteiger partial charge in [0, 0.05) is 11.4 Å². The Labute approximate surface area is 124 Å². The average Bonchev–Trinajstić information content (AvgIpc) is 2.33. The molecule has 0 aromatic heterocycles. The van der Waals surface area contributed by atoms with Gasteiger partial charge in [-0.1, -0.05) is 23.2 Å². The first-order chi connectivity index (χ1) is 9.31. The molecular weight excluding hydrogens is 307 g/mol. The number of amides is 2. The fraction of sp³-hybridized carbons (Fsp3) is 0.250. The van der Waals surface area contributed by atoms with Gasteiger partial charge >= 0.3 is 5.97 Å². The molecule has 0 bridgehead atoms. The van der Waals surface area contributed by atoms with Crippen LogP contribution in [0.1, 0.15) is 23.2 Å². The molecular formula is C12H12Cl2N2O4. The first-order valence-electron chi connectivity index (χ1n) is 5.58. The molecule has 0 aliphatic heterocycles. The molecule has 1 rings (SSSR count). The Morgan fingerprint density at radius 3 is 2.45 bits per heavy atom. The molecule has 0 heterocycles. The van der Waals surface area contributed by atoms with Crippen LogP contribution in [0.15, 0.2) is 18.2 Å². The van der Waals surface area contributed by atoms with E-state index in [1.165, 1.54) is 18.2 Å². The molecule has 0 aliphatic rings. The normalized spacial score (nSPS) is 11.7. The second-order valence-electron chi connectivity index (χ2n) is 3.99. The standard InChI is InChI=1S/C12H12Cl2N2O4/c13-6-1-2-7(8(14)5-6)11(18)16-9(12(19)20)3-4-10(15)17/h1-2,5,9H,3-4H2,(H2,15,17)(H,16,18)(H,19,20). The summed E-state index contributed by atoms with van der Waals surface area (Å²) in [6, 6.07) is 2.99. The van der Waals surface area contributed by atoms with Crippen LogP contribution in [-0.4, -0.2) is 28.9 Å². The van der Waals surface area contributed by atoms with Crippen LogP contribution in [0.2, 0.25) is 10.0 Å². The SMILES string of the molecule is NC(=O)CCC(NC(=O)c1ccc(Cl)cc1Cl)C(=O)O. The molecule has 108 valence electrons. The lowest BCUT2D eigenvalue weighted by Crippen LogP contribution is -2.41. The van der Waals surface area contributed by atoms with E-state index in [4.69, 9.17) is 34.0 Å². The highest BCUT2D eigenvalue weighted by Crippen LogP contribution is 2.21. The monoisotopic (exact) mass is 318 g/mol. The number of carbonyl (C=O) groups excluding carboxylic acids is 2. The van der Waals surface area contributed by atoms with E-state index in [-0.39, 0.29) is 23.4 Å². The lowest BCUT2D eigenvalue weighted by atomic mass is 10.1. The van der Waals surface area contributed by atoms with Crippen molar-refractivity contribution in [1.82, 2.24) is 5.32 Å². The fourth-order valence-corrected chi connectivity index (χ4v) is 1.95. The minimum Gasteiger partial charge on any atom is -0.480 e. The zero-order chi connectivity index (χ0) is 15.3. The van der Waals surface area contributed by atoms with Crippen LogP contribution in [0, 0.1) is 0 Å². The summed E-state index contributed by atoms with van der Waals surface area (Å²) in [5.74, 6) is -2.57. The molecule has 0 radical (unpaired) electrons. The Morgan fingerprint density at radius 2 is 1.95 bits per heavy atom. The topological polar surface area (TPSA) is 109 Å². The van der Waals surface area contributed by atoms with Crippen LogP contribution in [0.25, 0.3) is 0 Å².